The van der Waals surface area contributed by atoms with Gasteiger partial charge in [-0.3, -0.25) is 0 Å². The smallest absolute Gasteiger partial charge is 0.417 e. The molecular formula is C15H12F3N5O. The molecule has 1 aromatic carbocycles. The van der Waals surface area contributed by atoms with Crippen LogP contribution in [0.1, 0.15) is 11.1 Å². The van der Waals surface area contributed by atoms with E-state index >= 15 is 0 Å². The standard InChI is InChI=1S/C13H10F3N3O.2CHN/c14-13(15,16)10-3-6-12(18-8-10)20-11-4-1-9(2-5-11)7-19-17;2*1-2/h1-8H,17H2;2*1H. The number of hydrazone groups is 1. The van der Waals surface area contributed by atoms with Crippen LogP contribution in [0.15, 0.2) is 47.7 Å². The van der Waals surface area contributed by atoms with Crippen LogP contribution in [-0.4, -0.2) is 11.2 Å². The Morgan fingerprint density at radius 3 is 2.04 bits per heavy atom. The van der Waals surface area contributed by atoms with Gasteiger partial charge in [-0.1, -0.05) is 0 Å². The van der Waals surface area contributed by atoms with Crippen molar-refractivity contribution in [1.29, 1.82) is 10.5 Å². The van der Waals surface area contributed by atoms with Crippen molar-refractivity contribution in [1.82, 2.24) is 4.98 Å². The maximum Gasteiger partial charge on any atom is 0.417 e. The zero-order valence-electron chi connectivity index (χ0n) is 12.2. The molecule has 2 aromatic rings. The van der Waals surface area contributed by atoms with E-state index in [1.165, 1.54) is 6.21 Å². The number of aromatic nitrogens is 1. The fourth-order valence-corrected chi connectivity index (χ4v) is 1.44. The number of ether oxygens (including phenoxy) is 1. The number of benzene rings is 1. The minimum absolute atomic E-state index is 0.0817. The molecule has 0 aliphatic heterocycles. The summed E-state index contributed by atoms with van der Waals surface area (Å²) < 4.78 is 42.4. The first kappa shape index (κ1) is 20.4. The third-order valence-electron chi connectivity index (χ3n) is 2.39. The molecular weight excluding hydrogens is 323 g/mol. The fourth-order valence-electron chi connectivity index (χ4n) is 1.44. The van der Waals surface area contributed by atoms with Crippen LogP contribution < -0.4 is 10.6 Å². The first-order valence-electron chi connectivity index (χ1n) is 6.05. The molecule has 1 aromatic heterocycles. The Morgan fingerprint density at radius 2 is 1.62 bits per heavy atom. The number of nitrogens with two attached hydrogens (primary N) is 1. The van der Waals surface area contributed by atoms with Crippen molar-refractivity contribution < 1.29 is 17.9 Å². The lowest BCUT2D eigenvalue weighted by atomic mass is 10.2. The second-order valence-electron chi connectivity index (χ2n) is 3.83. The van der Waals surface area contributed by atoms with Crippen LogP contribution in [0.2, 0.25) is 0 Å². The summed E-state index contributed by atoms with van der Waals surface area (Å²) in [7, 11) is 0. The van der Waals surface area contributed by atoms with Gasteiger partial charge in [-0.05, 0) is 35.9 Å². The fraction of sp³-hybridized carbons (Fsp3) is 0.0667. The third-order valence-corrected chi connectivity index (χ3v) is 2.39. The van der Waals surface area contributed by atoms with Gasteiger partial charge < -0.3 is 10.6 Å². The Balaban J connectivity index is 0.00000123. The monoisotopic (exact) mass is 335 g/mol. The third kappa shape index (κ3) is 6.45. The van der Waals surface area contributed by atoms with Crippen molar-refractivity contribution >= 4 is 6.21 Å². The molecule has 124 valence electrons. The topological polar surface area (TPSA) is 108 Å². The van der Waals surface area contributed by atoms with Gasteiger partial charge in [-0.2, -0.15) is 18.3 Å². The van der Waals surface area contributed by atoms with E-state index in [2.05, 4.69) is 23.2 Å². The summed E-state index contributed by atoms with van der Waals surface area (Å²) in [5.74, 6) is 5.54. The van der Waals surface area contributed by atoms with Gasteiger partial charge in [0.05, 0.1) is 11.8 Å². The maximum absolute atomic E-state index is 12.4. The number of nitrogens with zero attached hydrogens (tertiary/aromatic N) is 4. The molecule has 0 fully saturated rings. The van der Waals surface area contributed by atoms with Gasteiger partial charge in [-0.15, -0.1) is 0 Å². The lowest BCUT2D eigenvalue weighted by Crippen LogP contribution is -2.05. The molecule has 0 unspecified atom stereocenters. The molecule has 0 aliphatic carbocycles. The molecule has 0 saturated carbocycles. The van der Waals surface area contributed by atoms with E-state index < -0.39 is 11.7 Å². The van der Waals surface area contributed by atoms with Crippen molar-refractivity contribution in [3.63, 3.8) is 0 Å². The van der Waals surface area contributed by atoms with E-state index in [9.17, 15) is 13.2 Å². The van der Waals surface area contributed by atoms with Gasteiger partial charge in [0, 0.05) is 25.4 Å². The normalized spacial score (nSPS) is 9.96. The van der Waals surface area contributed by atoms with Gasteiger partial charge in [0.15, 0.2) is 0 Å². The quantitative estimate of drug-likeness (QED) is 0.525. The average molecular weight is 335 g/mol. The van der Waals surface area contributed by atoms with Crippen molar-refractivity contribution in [2.45, 2.75) is 6.18 Å². The van der Waals surface area contributed by atoms with Gasteiger partial charge in [0.2, 0.25) is 5.88 Å². The largest absolute Gasteiger partial charge is 0.439 e. The van der Waals surface area contributed by atoms with Crippen LogP contribution in [0.3, 0.4) is 0 Å². The van der Waals surface area contributed by atoms with E-state index in [1.807, 2.05) is 0 Å². The summed E-state index contributed by atoms with van der Waals surface area (Å²) in [4.78, 5) is 3.61. The molecule has 2 N–H and O–H groups in total. The molecule has 0 bridgehead atoms. The highest BCUT2D eigenvalue weighted by molar-refractivity contribution is 5.79. The SMILES string of the molecule is C#N.C#N.NN=Cc1ccc(Oc2ccc(C(F)(F)F)cn2)cc1. The Hall–Kier alpha value is -3.59. The number of nitriles is 2. The zero-order valence-corrected chi connectivity index (χ0v) is 12.2. The maximum atomic E-state index is 12.4. The van der Waals surface area contributed by atoms with Crippen LogP contribution in [-0.2, 0) is 6.18 Å². The van der Waals surface area contributed by atoms with E-state index in [1.54, 1.807) is 24.3 Å². The lowest BCUT2D eigenvalue weighted by Gasteiger charge is -2.08. The summed E-state index contributed by atoms with van der Waals surface area (Å²) in [6.07, 6.45) is -2.22. The number of rotatable bonds is 3. The van der Waals surface area contributed by atoms with E-state index in [0.29, 0.717) is 5.75 Å². The van der Waals surface area contributed by atoms with Gasteiger partial charge in [-0.25, -0.2) is 15.5 Å². The average Bonchev–Trinajstić information content (AvgIpc) is 2.60. The number of alkyl halides is 3. The molecule has 0 amide bonds. The minimum Gasteiger partial charge on any atom is -0.439 e. The highest BCUT2D eigenvalue weighted by atomic mass is 19.4. The predicted molar refractivity (Wildman–Crippen MR) is 80.9 cm³/mol. The summed E-state index contributed by atoms with van der Waals surface area (Å²) in [5.41, 5.74) is -0.0421. The van der Waals surface area contributed by atoms with Crippen LogP contribution >= 0.6 is 0 Å². The Labute approximate surface area is 136 Å². The van der Waals surface area contributed by atoms with Crippen molar-refractivity contribution in [3.8, 4) is 24.8 Å². The molecule has 2 rings (SSSR count). The molecule has 24 heavy (non-hydrogen) atoms. The summed E-state index contributed by atoms with van der Waals surface area (Å²) >= 11 is 0. The molecule has 0 saturated heterocycles. The van der Waals surface area contributed by atoms with Gasteiger partial charge in [0.25, 0.3) is 0 Å². The molecule has 6 nitrogen and oxygen atoms in total. The zero-order chi connectivity index (χ0) is 18.6. The Morgan fingerprint density at radius 1 is 1.04 bits per heavy atom. The molecule has 0 spiro atoms. The first-order valence-corrected chi connectivity index (χ1v) is 6.05. The van der Waals surface area contributed by atoms with E-state index in [4.69, 9.17) is 21.1 Å². The highest BCUT2D eigenvalue weighted by Crippen LogP contribution is 2.29. The van der Waals surface area contributed by atoms with E-state index in [-0.39, 0.29) is 5.88 Å². The van der Waals surface area contributed by atoms with Crippen molar-refractivity contribution in [2.75, 3.05) is 0 Å². The summed E-state index contributed by atoms with van der Waals surface area (Å²) in [5, 5.41) is 16.4. The van der Waals surface area contributed by atoms with Gasteiger partial charge >= 0.3 is 6.18 Å². The Bertz CT molecular complexity index is 670. The summed E-state index contributed by atoms with van der Waals surface area (Å²) in [6.45, 7) is 7.00. The minimum atomic E-state index is -4.41. The van der Waals surface area contributed by atoms with Crippen LogP contribution in [0.4, 0.5) is 13.2 Å². The molecule has 9 heteroatoms. The first-order chi connectivity index (χ1) is 11.5. The van der Waals surface area contributed by atoms with Crippen LogP contribution in [0.5, 0.6) is 11.6 Å². The lowest BCUT2D eigenvalue weighted by molar-refractivity contribution is -0.137. The van der Waals surface area contributed by atoms with Crippen LogP contribution in [0.25, 0.3) is 0 Å². The molecule has 0 aliphatic rings. The van der Waals surface area contributed by atoms with E-state index in [0.717, 1.165) is 23.9 Å². The van der Waals surface area contributed by atoms with Crippen molar-refractivity contribution in [2.24, 2.45) is 10.9 Å². The molecule has 1 heterocycles. The number of halogens is 3. The second kappa shape index (κ2) is 10.2. The van der Waals surface area contributed by atoms with Gasteiger partial charge in [0.1, 0.15) is 5.75 Å². The second-order valence-corrected chi connectivity index (χ2v) is 3.83. The van der Waals surface area contributed by atoms with Crippen molar-refractivity contribution in [3.05, 3.63) is 53.7 Å². The molecule has 0 atom stereocenters. The van der Waals surface area contributed by atoms with Crippen LogP contribution in [0, 0.1) is 23.7 Å². The highest BCUT2D eigenvalue weighted by Gasteiger charge is 2.30. The number of pyridine rings is 1. The summed E-state index contributed by atoms with van der Waals surface area (Å²) in [6, 6.07) is 8.76. The number of hydrogen-bond donors (Lipinski definition) is 1. The number of hydrogen-bond acceptors (Lipinski definition) is 6. The predicted octanol–water partition coefficient (Wildman–Crippen LogP) is 3.46. The Kier molecular flexibility index (Phi) is 8.66. The molecule has 0 radical (unpaired) electrons.